The van der Waals surface area contributed by atoms with Crippen LogP contribution in [-0.4, -0.2) is 462 Å². The average Bonchev–Trinajstić information content (AvgIpc) is 0.769. The minimum absolute atomic E-state index is 0. The van der Waals surface area contributed by atoms with Crippen molar-refractivity contribution in [1.82, 2.24) is 0 Å². The molecule has 16 bridgehead atoms. The summed E-state index contributed by atoms with van der Waals surface area (Å²) in [6.45, 7) is 13.5. The van der Waals surface area contributed by atoms with Gasteiger partial charge in [-0.3, -0.25) is 0 Å². The molecule has 0 radical (unpaired) electrons. The van der Waals surface area contributed by atoms with Crippen LogP contribution in [0.3, 0.4) is 0 Å². The van der Waals surface area contributed by atoms with Crippen molar-refractivity contribution in [2.75, 3.05) is 92.0 Å². The van der Waals surface area contributed by atoms with Gasteiger partial charge in [0.05, 0.1) is 48.8 Å². The molecule has 0 aromatic rings. The van der Waals surface area contributed by atoms with Gasteiger partial charge in [-0.05, 0) is 60.9 Å². The summed E-state index contributed by atoms with van der Waals surface area (Å²) in [6, 6.07) is 0. The molecule has 46 nitrogen and oxygen atoms in total. The molecule has 0 aromatic carbocycles. The van der Waals surface area contributed by atoms with Gasteiger partial charge in [-0.1, -0.05) is 6.92 Å². The Labute approximate surface area is 954 Å². The van der Waals surface area contributed by atoms with Crippen molar-refractivity contribution >= 4 is 136 Å². The Balaban J connectivity index is 0. The standard InChI is InChI=1S/C69H111O40S8.3CO2.7Na/c1-5-13-113-21-29-57-41(81)49(89)65(97-29)104-56-28(20-112-8-4)95-63(47(87)39(56)79)102-54-26(18-110-6-2)94-62(46(86)38(54)78)103-55-27(19-111-7-3)96-64(48(88)40(55)80)106-58-30(22-114-14-9-34(70)71)99-67(51(91)42(58)82)108-60-32(24-116-16-11-36(74)75)101-69(53(93)44(60)84)109-61-33(25-117-17-12-37(76)77)100-68(52(92)45(61)85)107-59-31(23-115-15-10-35(72)73)98-66(105-57)50(90)43(59)83;3*2-1-3;;;;;;;/h26-33,38-69,78-93H,2-25H2,1H3,(H,70,71)(H,72,73)(H,74,75)(H,76,77);;;;;;;;;;/q-3;;;;7*+1/p-4/t26-,27-,28-,29-,30-,31-,32-,33-,38-,39-,40-,41-,42-,43-,44-,45-,46-,47-,48-,49-,50-,51-,52-,53-,54-,55-,56-,57-,58-,59-,60-,61-,62?,63-,64-,65?,66-,67?,68-,69-;;;;;;;;;;/m1........../s1. The Morgan fingerprint density at radius 1 is 0.233 bits per heavy atom. The third kappa shape index (κ3) is 42.4. The van der Waals surface area contributed by atoms with E-state index >= 15 is 0 Å². The SMILES string of the molecule is O=C=O.O=C=O.O=C=O.[CH2-]CSC[C@H]1O[C@@H]2O[C@H]3[C@H](O)[C@@H](O)C(O[C@H]4[C@H](O)[C@@H](O)[C@@H](O[C@H]5[C@H](O)[C@@H](O)[C@@H](O[C@H]6[C@H](O)[C@@H](O)[C@@H](O[C@H]7[C@H](O)[C@@H](O)C(O[C@H]8[C@H](O)[C@@H](O)[C@@H](O[C@H]9[C@H](O)[C@@H](O)C(O[C@H]1[C@H](O)[C@H]2O)O[C@@H]9CSC[CH2-])O[C@@H]8CSC[CH2-])O[C@@H]7CSCCC)O[C@@H]6CSCCC(=O)[O-])O[C@@H]5CSCCC(=O)[O-])O[C@@H]4CSCCC(=O)[O-])O[C@@H]3CSCCC(=O)[O-].[Na+].[Na+].[Na+].[Na+].[Na+].[Na+].[Na+]. The van der Waals surface area contributed by atoms with E-state index in [1.54, 1.807) is 0 Å². The van der Waals surface area contributed by atoms with Crippen LogP contribution in [0.15, 0.2) is 0 Å². The Kier molecular flexibility index (Phi) is 77.3. The third-order valence-corrected chi connectivity index (χ3v) is 28.3. The summed E-state index contributed by atoms with van der Waals surface area (Å²) < 4.78 is 101. The maximum Gasteiger partial charge on any atom is 1.00 e. The number of carboxylic acid groups (broad SMARTS) is 4. The van der Waals surface area contributed by atoms with Gasteiger partial charge in [0, 0.05) is 69.9 Å². The molecule has 30 aliphatic heterocycles. The largest absolute Gasteiger partial charge is 1.00 e. The molecule has 30 fully saturated rings. The Hall–Kier alpha value is 4.54. The molecule has 0 aromatic heterocycles. The summed E-state index contributed by atoms with van der Waals surface area (Å²) in [7, 11) is 0. The van der Waals surface area contributed by atoms with E-state index in [1.165, 1.54) is 35.3 Å². The molecule has 133 heavy (non-hydrogen) atoms. The van der Waals surface area contributed by atoms with Crippen LogP contribution in [0.4, 0.5) is 0 Å². The first kappa shape index (κ1) is 140. The van der Waals surface area contributed by atoms with Crippen molar-refractivity contribution < 1.29 is 433 Å². The molecule has 726 valence electrons. The van der Waals surface area contributed by atoms with Gasteiger partial charge < -0.3 is 218 Å². The number of rotatable bonds is 33. The van der Waals surface area contributed by atoms with Crippen molar-refractivity contribution in [3.63, 3.8) is 0 Å². The second kappa shape index (κ2) is 73.7. The van der Waals surface area contributed by atoms with E-state index in [0.29, 0.717) is 12.2 Å². The van der Waals surface area contributed by atoms with Crippen LogP contribution < -0.4 is 227 Å². The summed E-state index contributed by atoms with van der Waals surface area (Å²) in [5.74, 6) is -7.04. The van der Waals surface area contributed by atoms with Gasteiger partial charge in [0.25, 0.3) is 0 Å². The number of hydrogen-bond donors (Lipinski definition) is 16. The van der Waals surface area contributed by atoms with Crippen molar-refractivity contribution in [2.24, 2.45) is 0 Å². The summed E-state index contributed by atoms with van der Waals surface area (Å²) in [4.78, 5) is 95.3. The molecular weight excluding hydrogens is 2020 g/mol. The summed E-state index contributed by atoms with van der Waals surface area (Å²) in [5, 5.41) is 240. The summed E-state index contributed by atoms with van der Waals surface area (Å²) in [5.41, 5.74) is 0. The fourth-order valence-corrected chi connectivity index (χ4v) is 21.0. The number of aliphatic carboxylic acids is 4. The zero-order chi connectivity index (χ0) is 93.3. The molecule has 30 aliphatic rings. The molecule has 30 heterocycles. The predicted molar refractivity (Wildman–Crippen MR) is 423 cm³/mol. The van der Waals surface area contributed by atoms with Gasteiger partial charge in [-0.25, -0.2) is 0 Å². The van der Waals surface area contributed by atoms with Gasteiger partial charge in [0.2, 0.25) is 0 Å². The second-order valence-corrected chi connectivity index (χ2v) is 38.0. The van der Waals surface area contributed by atoms with E-state index in [0.717, 1.165) is 58.8 Å². The number of carbonyl (C=O) groups excluding carboxylic acids is 10. The molecule has 0 saturated carbocycles. The van der Waals surface area contributed by atoms with Crippen molar-refractivity contribution in [3.8, 4) is 0 Å². The van der Waals surface area contributed by atoms with E-state index in [1.807, 2.05) is 6.92 Å². The number of carbonyl (C=O) groups is 4. The summed E-state index contributed by atoms with van der Waals surface area (Å²) in [6.07, 6.45) is -76.5. The van der Waals surface area contributed by atoms with Gasteiger partial charge in [-0.15, -0.1) is 17.3 Å². The van der Waals surface area contributed by atoms with E-state index in [-0.39, 0.29) is 312 Å². The van der Waals surface area contributed by atoms with Crippen molar-refractivity contribution in [1.29, 1.82) is 0 Å². The van der Waals surface area contributed by atoms with E-state index in [9.17, 15) is 121 Å². The summed E-state index contributed by atoms with van der Waals surface area (Å²) >= 11 is 8.36. The topological polar surface area (TPSA) is 734 Å². The Morgan fingerprint density at radius 3 is 0.466 bits per heavy atom. The fraction of sp³-hybridized carbons (Fsp3) is 0.861. The molecule has 3 unspecified atom stereocenters. The smallest absolute Gasteiger partial charge is 0.550 e. The molecule has 0 amide bonds. The molecule has 0 aliphatic carbocycles. The number of carboxylic acids is 4. The number of aliphatic hydroxyl groups excluding tert-OH is 16. The van der Waals surface area contributed by atoms with Crippen LogP contribution in [-0.2, 0) is 124 Å². The Bertz CT molecular complexity index is 3310. The molecule has 40 atom stereocenters. The normalized spacial score (nSPS) is 39.3. The van der Waals surface area contributed by atoms with Gasteiger partial charge in [0.1, 0.15) is 146 Å². The van der Waals surface area contributed by atoms with Crippen molar-refractivity contribution in [2.45, 2.75) is 285 Å². The van der Waals surface area contributed by atoms with E-state index in [2.05, 4.69) is 20.8 Å². The number of hydrogen-bond acceptors (Lipinski definition) is 54. The molecule has 30 saturated heterocycles. The maximum absolute atomic E-state index is 12.2. The quantitative estimate of drug-likeness (QED) is 0.0165. The molecule has 61 heteroatoms. The number of ether oxygens (including phenoxy) is 16. The zero-order valence-electron chi connectivity index (χ0n) is 74.2. The van der Waals surface area contributed by atoms with E-state index in [4.69, 9.17) is 105 Å². The number of thioether (sulfide) groups is 8. The van der Waals surface area contributed by atoms with Crippen LogP contribution in [0.5, 0.6) is 0 Å². The zero-order valence-corrected chi connectivity index (χ0v) is 94.8. The van der Waals surface area contributed by atoms with Gasteiger partial charge >= 0.3 is 225 Å². The van der Waals surface area contributed by atoms with Gasteiger partial charge in [-0.2, -0.15) is 123 Å². The van der Waals surface area contributed by atoms with Crippen LogP contribution in [0.25, 0.3) is 0 Å². The fourth-order valence-electron chi connectivity index (χ4n) is 14.2. The maximum atomic E-state index is 12.2. The van der Waals surface area contributed by atoms with Crippen LogP contribution in [0.1, 0.15) is 39.0 Å². The second-order valence-electron chi connectivity index (χ2n) is 28.8. The third-order valence-electron chi connectivity index (χ3n) is 20.3. The van der Waals surface area contributed by atoms with Crippen molar-refractivity contribution in [3.05, 3.63) is 20.8 Å². The van der Waals surface area contributed by atoms with Crippen LogP contribution in [0, 0.1) is 20.8 Å². The van der Waals surface area contributed by atoms with Gasteiger partial charge in [0.15, 0.2) is 50.3 Å². The predicted octanol–water partition coefficient (Wildman–Crippen LogP) is -33.7. The first-order valence-corrected chi connectivity index (χ1v) is 48.4. The molecule has 0 spiro atoms. The average molecular weight is 2130 g/mol. The number of aliphatic hydroxyl groups is 16. The molecule has 30 rings (SSSR count). The first-order valence-electron chi connectivity index (χ1n) is 39.2. The first-order chi connectivity index (χ1) is 60.1. The monoisotopic (exact) mass is 2120 g/mol. The molecule has 16 N–H and O–H groups in total. The minimum Gasteiger partial charge on any atom is -0.550 e. The van der Waals surface area contributed by atoms with Crippen LogP contribution in [0.2, 0.25) is 0 Å². The van der Waals surface area contributed by atoms with E-state index < -0.39 is 295 Å². The molecular formula is C72H107Na7O46S8. The minimum atomic E-state index is -2.27. The Morgan fingerprint density at radius 2 is 0.353 bits per heavy atom. The van der Waals surface area contributed by atoms with Crippen LogP contribution >= 0.6 is 94.1 Å².